The fraction of sp³-hybridized carbons (Fsp3) is 0.643. The first-order valence-electron chi connectivity index (χ1n) is 6.89. The van der Waals surface area contributed by atoms with Crippen molar-refractivity contribution in [3.05, 3.63) is 24.0 Å². The monoisotopic (exact) mass is 247 g/mol. The molecule has 4 nitrogen and oxygen atoms in total. The van der Waals surface area contributed by atoms with Crippen LogP contribution in [0.2, 0.25) is 0 Å². The third-order valence-electron chi connectivity index (χ3n) is 4.06. The van der Waals surface area contributed by atoms with E-state index in [2.05, 4.69) is 9.88 Å². The SMILES string of the molecule is Nc1ccc(CN2CCOC3CCCCC32)nc1. The van der Waals surface area contributed by atoms with E-state index in [1.54, 1.807) is 6.20 Å². The fourth-order valence-corrected chi connectivity index (χ4v) is 3.11. The van der Waals surface area contributed by atoms with Crippen molar-refractivity contribution < 1.29 is 4.74 Å². The molecule has 2 N–H and O–H groups in total. The lowest BCUT2D eigenvalue weighted by Crippen LogP contribution is -2.52. The minimum atomic E-state index is 0.446. The highest BCUT2D eigenvalue weighted by molar-refractivity contribution is 5.34. The van der Waals surface area contributed by atoms with E-state index in [1.165, 1.54) is 25.7 Å². The number of ether oxygens (including phenoxy) is 1. The highest BCUT2D eigenvalue weighted by Crippen LogP contribution is 2.29. The number of rotatable bonds is 2. The maximum absolute atomic E-state index is 5.89. The van der Waals surface area contributed by atoms with Gasteiger partial charge in [0.15, 0.2) is 0 Å². The van der Waals surface area contributed by atoms with Crippen LogP contribution < -0.4 is 5.73 Å². The summed E-state index contributed by atoms with van der Waals surface area (Å²) in [7, 11) is 0. The molecule has 0 spiro atoms. The number of pyridine rings is 1. The topological polar surface area (TPSA) is 51.4 Å². The molecule has 98 valence electrons. The van der Waals surface area contributed by atoms with Crippen molar-refractivity contribution in [1.82, 2.24) is 9.88 Å². The maximum atomic E-state index is 5.89. The Kier molecular flexibility index (Phi) is 3.48. The number of aromatic nitrogens is 1. The van der Waals surface area contributed by atoms with Crippen molar-refractivity contribution in [2.24, 2.45) is 0 Å². The number of nitrogens with two attached hydrogens (primary N) is 1. The van der Waals surface area contributed by atoms with Gasteiger partial charge in [-0.1, -0.05) is 12.8 Å². The number of hydrogen-bond acceptors (Lipinski definition) is 4. The lowest BCUT2D eigenvalue weighted by atomic mass is 9.90. The number of nitrogens with zero attached hydrogens (tertiary/aromatic N) is 2. The van der Waals surface area contributed by atoms with Crippen LogP contribution in [0.15, 0.2) is 18.3 Å². The highest BCUT2D eigenvalue weighted by Gasteiger charge is 2.34. The summed E-state index contributed by atoms with van der Waals surface area (Å²) in [4.78, 5) is 6.94. The van der Waals surface area contributed by atoms with Crippen LogP contribution >= 0.6 is 0 Å². The molecule has 0 amide bonds. The van der Waals surface area contributed by atoms with Gasteiger partial charge in [0, 0.05) is 19.1 Å². The standard InChI is InChI=1S/C14H21N3O/c15-11-5-6-12(16-9-11)10-17-7-8-18-14-4-2-1-3-13(14)17/h5-6,9,13-14H,1-4,7-8,10,15H2. The maximum Gasteiger partial charge on any atom is 0.0731 e. The Hall–Kier alpha value is -1.13. The van der Waals surface area contributed by atoms with Gasteiger partial charge in [-0.3, -0.25) is 9.88 Å². The summed E-state index contributed by atoms with van der Waals surface area (Å²) in [5.74, 6) is 0. The first-order chi connectivity index (χ1) is 8.83. The molecule has 1 aromatic rings. The van der Waals surface area contributed by atoms with Gasteiger partial charge < -0.3 is 10.5 Å². The van der Waals surface area contributed by atoms with Gasteiger partial charge >= 0.3 is 0 Å². The van der Waals surface area contributed by atoms with Crippen molar-refractivity contribution in [3.63, 3.8) is 0 Å². The summed E-state index contributed by atoms with van der Waals surface area (Å²) in [6.45, 7) is 2.80. The molecule has 2 unspecified atom stereocenters. The van der Waals surface area contributed by atoms with Gasteiger partial charge in [-0.25, -0.2) is 0 Å². The van der Waals surface area contributed by atoms with Crippen LogP contribution in [-0.2, 0) is 11.3 Å². The molecular formula is C14H21N3O. The van der Waals surface area contributed by atoms with E-state index in [4.69, 9.17) is 10.5 Å². The second kappa shape index (κ2) is 5.24. The van der Waals surface area contributed by atoms with E-state index in [9.17, 15) is 0 Å². The van der Waals surface area contributed by atoms with Crippen LogP contribution in [0.25, 0.3) is 0 Å². The Labute approximate surface area is 108 Å². The smallest absolute Gasteiger partial charge is 0.0731 e. The minimum absolute atomic E-state index is 0.446. The Balaban J connectivity index is 1.69. The largest absolute Gasteiger partial charge is 0.397 e. The predicted octanol–water partition coefficient (Wildman–Crippen LogP) is 1.81. The summed E-state index contributed by atoms with van der Waals surface area (Å²) in [6, 6.07) is 4.55. The van der Waals surface area contributed by atoms with E-state index in [1.807, 2.05) is 12.1 Å². The van der Waals surface area contributed by atoms with Gasteiger partial charge in [-0.05, 0) is 25.0 Å². The second-order valence-corrected chi connectivity index (χ2v) is 5.31. The van der Waals surface area contributed by atoms with Crippen LogP contribution in [-0.4, -0.2) is 35.2 Å². The van der Waals surface area contributed by atoms with Crippen LogP contribution in [0.1, 0.15) is 31.4 Å². The van der Waals surface area contributed by atoms with Crippen molar-refractivity contribution in [2.75, 3.05) is 18.9 Å². The Bertz CT molecular complexity index is 391. The molecule has 0 radical (unpaired) electrons. The lowest BCUT2D eigenvalue weighted by molar-refractivity contribution is -0.0914. The van der Waals surface area contributed by atoms with Crippen molar-refractivity contribution in [1.29, 1.82) is 0 Å². The summed E-state index contributed by atoms with van der Waals surface area (Å²) in [5, 5.41) is 0. The predicted molar refractivity (Wildman–Crippen MR) is 71.1 cm³/mol. The van der Waals surface area contributed by atoms with E-state index < -0.39 is 0 Å². The van der Waals surface area contributed by atoms with Crippen molar-refractivity contribution in [3.8, 4) is 0 Å². The Morgan fingerprint density at radius 2 is 2.22 bits per heavy atom. The number of fused-ring (bicyclic) bond motifs is 1. The van der Waals surface area contributed by atoms with Crippen LogP contribution in [0.5, 0.6) is 0 Å². The molecule has 0 bridgehead atoms. The molecule has 2 heterocycles. The van der Waals surface area contributed by atoms with E-state index in [-0.39, 0.29) is 0 Å². The van der Waals surface area contributed by atoms with Gasteiger partial charge in [-0.2, -0.15) is 0 Å². The molecule has 1 aliphatic carbocycles. The summed E-state index contributed by atoms with van der Waals surface area (Å²) < 4.78 is 5.89. The normalized spacial score (nSPS) is 28.9. The number of nitrogen functional groups attached to an aromatic ring is 1. The third kappa shape index (κ3) is 2.49. The van der Waals surface area contributed by atoms with E-state index in [0.717, 1.165) is 31.1 Å². The quantitative estimate of drug-likeness (QED) is 0.866. The van der Waals surface area contributed by atoms with Crippen molar-refractivity contribution >= 4 is 5.69 Å². The van der Waals surface area contributed by atoms with Crippen LogP contribution in [0.3, 0.4) is 0 Å². The van der Waals surface area contributed by atoms with Gasteiger partial charge in [0.05, 0.1) is 30.3 Å². The Morgan fingerprint density at radius 1 is 1.33 bits per heavy atom. The zero-order valence-electron chi connectivity index (χ0n) is 10.7. The van der Waals surface area contributed by atoms with Gasteiger partial charge in [0.2, 0.25) is 0 Å². The molecule has 0 aromatic carbocycles. The van der Waals surface area contributed by atoms with Gasteiger partial charge in [0.1, 0.15) is 0 Å². The van der Waals surface area contributed by atoms with E-state index in [0.29, 0.717) is 12.1 Å². The number of hydrogen-bond donors (Lipinski definition) is 1. The highest BCUT2D eigenvalue weighted by atomic mass is 16.5. The molecular weight excluding hydrogens is 226 g/mol. The first kappa shape index (κ1) is 11.9. The summed E-state index contributed by atoms with van der Waals surface area (Å²) in [6.07, 6.45) is 7.32. The minimum Gasteiger partial charge on any atom is -0.397 e. The van der Waals surface area contributed by atoms with Crippen LogP contribution in [0, 0.1) is 0 Å². The third-order valence-corrected chi connectivity index (χ3v) is 4.06. The zero-order chi connectivity index (χ0) is 12.4. The second-order valence-electron chi connectivity index (χ2n) is 5.31. The average Bonchev–Trinajstić information content (AvgIpc) is 2.42. The number of anilines is 1. The molecule has 2 fully saturated rings. The molecule has 1 aromatic heterocycles. The number of morpholine rings is 1. The lowest BCUT2D eigenvalue weighted by Gasteiger charge is -2.43. The van der Waals surface area contributed by atoms with Gasteiger partial charge in [0.25, 0.3) is 0 Å². The van der Waals surface area contributed by atoms with Gasteiger partial charge in [-0.15, -0.1) is 0 Å². The fourth-order valence-electron chi connectivity index (χ4n) is 3.11. The molecule has 4 heteroatoms. The van der Waals surface area contributed by atoms with Crippen molar-refractivity contribution in [2.45, 2.75) is 44.4 Å². The molecule has 18 heavy (non-hydrogen) atoms. The molecule has 1 saturated heterocycles. The van der Waals surface area contributed by atoms with E-state index >= 15 is 0 Å². The molecule has 3 rings (SSSR count). The molecule has 1 saturated carbocycles. The zero-order valence-corrected chi connectivity index (χ0v) is 10.7. The first-order valence-corrected chi connectivity index (χ1v) is 6.89. The molecule has 2 aliphatic rings. The summed E-state index contributed by atoms with van der Waals surface area (Å²) in [5.41, 5.74) is 7.51. The molecule has 1 aliphatic heterocycles. The average molecular weight is 247 g/mol. The van der Waals surface area contributed by atoms with Crippen LogP contribution in [0.4, 0.5) is 5.69 Å². The Morgan fingerprint density at radius 3 is 3.06 bits per heavy atom. The molecule has 2 atom stereocenters. The summed E-state index contributed by atoms with van der Waals surface area (Å²) >= 11 is 0.